The lowest BCUT2D eigenvalue weighted by atomic mass is 10.0. The fourth-order valence-electron chi connectivity index (χ4n) is 2.53. The Balaban J connectivity index is 1.81. The van der Waals surface area contributed by atoms with Gasteiger partial charge in [-0.05, 0) is 12.1 Å². The van der Waals surface area contributed by atoms with Crippen molar-refractivity contribution in [1.29, 1.82) is 5.41 Å². The number of rotatable bonds is 5. The Hall–Kier alpha value is -2.60. The molecule has 1 aromatic heterocycles. The molecule has 0 aliphatic carbocycles. The summed E-state index contributed by atoms with van der Waals surface area (Å²) in [4.78, 5) is 8.27. The highest BCUT2D eigenvalue weighted by Gasteiger charge is 2.19. The zero-order valence-corrected chi connectivity index (χ0v) is 12.6. The van der Waals surface area contributed by atoms with Gasteiger partial charge in [-0.25, -0.2) is 14.4 Å². The molecule has 3 rings (SSSR count). The normalized spacial score (nSPS) is 14.7. The lowest BCUT2D eigenvalue weighted by molar-refractivity contribution is 0.588. The zero-order chi connectivity index (χ0) is 16.1. The van der Waals surface area contributed by atoms with E-state index in [1.54, 1.807) is 30.6 Å². The van der Waals surface area contributed by atoms with Gasteiger partial charge in [0.2, 0.25) is 0 Å². The summed E-state index contributed by atoms with van der Waals surface area (Å²) in [5.41, 5.74) is 2.69. The minimum atomic E-state index is -0.224. The lowest BCUT2D eigenvalue weighted by Crippen LogP contribution is -2.34. The lowest BCUT2D eigenvalue weighted by Gasteiger charge is -2.23. The van der Waals surface area contributed by atoms with Crippen molar-refractivity contribution in [2.75, 3.05) is 13.1 Å². The topological polar surface area (TPSA) is 73.7 Å². The predicted octanol–water partition coefficient (Wildman–Crippen LogP) is 2.02. The maximum atomic E-state index is 13.7. The third-order valence-corrected chi connectivity index (χ3v) is 3.76. The number of hydrogen-bond donors (Lipinski definition) is 3. The number of halogens is 1. The average molecular weight is 311 g/mol. The third kappa shape index (κ3) is 3.60. The van der Waals surface area contributed by atoms with Gasteiger partial charge < -0.3 is 10.6 Å². The van der Waals surface area contributed by atoms with E-state index in [4.69, 9.17) is 5.41 Å². The second kappa shape index (κ2) is 7.11. The van der Waals surface area contributed by atoms with Crippen LogP contribution in [-0.2, 0) is 6.54 Å². The first kappa shape index (κ1) is 15.3. The number of hydrogen-bond acceptors (Lipinski definition) is 5. The van der Waals surface area contributed by atoms with Gasteiger partial charge in [-0.15, -0.1) is 0 Å². The fourth-order valence-corrected chi connectivity index (χ4v) is 2.53. The summed E-state index contributed by atoms with van der Waals surface area (Å²) in [6, 6.07) is 8.43. The zero-order valence-electron chi connectivity index (χ0n) is 12.6. The number of benzene rings is 1. The van der Waals surface area contributed by atoms with Crippen LogP contribution >= 0.6 is 0 Å². The van der Waals surface area contributed by atoms with Crippen molar-refractivity contribution >= 4 is 5.71 Å². The van der Waals surface area contributed by atoms with Crippen LogP contribution in [0.3, 0.4) is 0 Å². The van der Waals surface area contributed by atoms with E-state index in [-0.39, 0.29) is 5.82 Å². The molecule has 0 fully saturated rings. The monoisotopic (exact) mass is 311 g/mol. The summed E-state index contributed by atoms with van der Waals surface area (Å²) in [6.45, 7) is 1.80. The molecule has 0 spiro atoms. The summed E-state index contributed by atoms with van der Waals surface area (Å²) in [5.74, 6) is 0.175. The summed E-state index contributed by atoms with van der Waals surface area (Å²) >= 11 is 0. The molecule has 2 aromatic rings. The van der Waals surface area contributed by atoms with E-state index in [9.17, 15) is 4.39 Å². The highest BCUT2D eigenvalue weighted by molar-refractivity contribution is 6.08. The molecule has 1 aromatic carbocycles. The van der Waals surface area contributed by atoms with E-state index in [1.165, 1.54) is 6.07 Å². The molecule has 2 heterocycles. The Labute approximate surface area is 134 Å². The smallest absolute Gasteiger partial charge is 0.177 e. The molecule has 0 saturated heterocycles. The van der Waals surface area contributed by atoms with Crippen LogP contribution in [0.15, 0.2) is 54.0 Å². The van der Waals surface area contributed by atoms with Crippen LogP contribution in [-0.4, -0.2) is 28.8 Å². The predicted molar refractivity (Wildman–Crippen MR) is 86.6 cm³/mol. The number of aromatic nitrogens is 2. The van der Waals surface area contributed by atoms with Crippen LogP contribution in [0.1, 0.15) is 17.8 Å². The molecular formula is C17H18FN5. The van der Waals surface area contributed by atoms with Crippen LogP contribution in [0.25, 0.3) is 0 Å². The molecule has 0 unspecified atom stereocenters. The van der Waals surface area contributed by atoms with Crippen molar-refractivity contribution in [3.05, 3.63) is 71.2 Å². The van der Waals surface area contributed by atoms with Crippen LogP contribution in [0.4, 0.5) is 4.39 Å². The van der Waals surface area contributed by atoms with Gasteiger partial charge in [-0.2, -0.15) is 0 Å². The van der Waals surface area contributed by atoms with Crippen LogP contribution in [0, 0.1) is 11.2 Å². The molecular weight excluding hydrogens is 293 g/mol. The van der Waals surface area contributed by atoms with E-state index in [0.717, 1.165) is 24.2 Å². The van der Waals surface area contributed by atoms with Gasteiger partial charge >= 0.3 is 0 Å². The first-order chi connectivity index (χ1) is 11.3. The summed E-state index contributed by atoms with van der Waals surface area (Å²) < 4.78 is 13.7. The maximum absolute atomic E-state index is 13.7. The Bertz CT molecular complexity index is 727. The molecule has 6 heteroatoms. The second-order valence-corrected chi connectivity index (χ2v) is 5.28. The maximum Gasteiger partial charge on any atom is 0.177 e. The van der Waals surface area contributed by atoms with E-state index in [1.807, 2.05) is 6.07 Å². The van der Waals surface area contributed by atoms with Crippen molar-refractivity contribution in [2.45, 2.75) is 13.0 Å². The Morgan fingerprint density at radius 1 is 1.22 bits per heavy atom. The number of nitrogens with zero attached hydrogens (tertiary/aromatic N) is 2. The van der Waals surface area contributed by atoms with Crippen molar-refractivity contribution in [2.24, 2.45) is 0 Å². The molecule has 118 valence electrons. The molecule has 0 amide bonds. The summed E-state index contributed by atoms with van der Waals surface area (Å²) in [5, 5.41) is 14.9. The van der Waals surface area contributed by atoms with Gasteiger partial charge in [0.1, 0.15) is 11.5 Å². The minimum Gasteiger partial charge on any atom is -0.384 e. The molecule has 23 heavy (non-hydrogen) atoms. The summed E-state index contributed by atoms with van der Waals surface area (Å²) in [6.07, 6.45) is 4.01. The molecule has 0 bridgehead atoms. The Morgan fingerprint density at radius 3 is 2.78 bits per heavy atom. The van der Waals surface area contributed by atoms with E-state index in [2.05, 4.69) is 20.6 Å². The van der Waals surface area contributed by atoms with Crippen molar-refractivity contribution in [3.8, 4) is 0 Å². The van der Waals surface area contributed by atoms with Crippen molar-refractivity contribution in [3.63, 3.8) is 0 Å². The Morgan fingerprint density at radius 2 is 2.00 bits per heavy atom. The van der Waals surface area contributed by atoms with Crippen LogP contribution in [0.5, 0.6) is 0 Å². The highest BCUT2D eigenvalue weighted by atomic mass is 19.1. The van der Waals surface area contributed by atoms with Gasteiger partial charge in [-0.1, -0.05) is 18.2 Å². The molecule has 0 radical (unpaired) electrons. The molecule has 3 N–H and O–H groups in total. The van der Waals surface area contributed by atoms with Crippen molar-refractivity contribution < 1.29 is 4.39 Å². The second-order valence-electron chi connectivity index (χ2n) is 5.28. The SMILES string of the molecule is N=C(C1=C(NCc2ccccc2F)CCNC1)c1ncccn1. The van der Waals surface area contributed by atoms with Gasteiger partial charge in [-0.3, -0.25) is 5.41 Å². The average Bonchev–Trinajstić information content (AvgIpc) is 2.61. The van der Waals surface area contributed by atoms with Gasteiger partial charge in [0.05, 0.1) is 0 Å². The minimum absolute atomic E-state index is 0.224. The van der Waals surface area contributed by atoms with Gasteiger partial charge in [0, 0.05) is 55.3 Å². The molecule has 1 aliphatic heterocycles. The molecule has 0 atom stereocenters. The van der Waals surface area contributed by atoms with Crippen LogP contribution in [0.2, 0.25) is 0 Å². The van der Waals surface area contributed by atoms with E-state index in [0.29, 0.717) is 30.2 Å². The van der Waals surface area contributed by atoms with E-state index >= 15 is 0 Å². The number of nitrogens with one attached hydrogen (secondary N) is 3. The quantitative estimate of drug-likeness (QED) is 0.739. The third-order valence-electron chi connectivity index (χ3n) is 3.76. The first-order valence-electron chi connectivity index (χ1n) is 7.52. The van der Waals surface area contributed by atoms with E-state index < -0.39 is 0 Å². The first-order valence-corrected chi connectivity index (χ1v) is 7.52. The molecule has 1 aliphatic rings. The van der Waals surface area contributed by atoms with Gasteiger partial charge in [0.15, 0.2) is 5.82 Å². The standard InChI is InChI=1S/C17H18FN5/c18-14-5-2-1-4-12(14)10-23-15-6-9-20-11-13(15)16(19)17-21-7-3-8-22-17/h1-5,7-8,19-20,23H,6,9-11H2. The Kier molecular flexibility index (Phi) is 4.73. The fraction of sp³-hybridized carbons (Fsp3) is 0.235. The van der Waals surface area contributed by atoms with Crippen LogP contribution < -0.4 is 10.6 Å². The van der Waals surface area contributed by atoms with Gasteiger partial charge in [0.25, 0.3) is 0 Å². The largest absolute Gasteiger partial charge is 0.384 e. The molecule has 5 nitrogen and oxygen atoms in total. The summed E-state index contributed by atoms with van der Waals surface area (Å²) in [7, 11) is 0. The van der Waals surface area contributed by atoms with Crippen molar-refractivity contribution in [1.82, 2.24) is 20.6 Å². The molecule has 0 saturated carbocycles. The highest BCUT2D eigenvalue weighted by Crippen LogP contribution is 2.15.